The predicted octanol–water partition coefficient (Wildman–Crippen LogP) is 3.58. The molecule has 0 unspecified atom stereocenters. The third-order valence-corrected chi connectivity index (χ3v) is 3.67. The minimum absolute atomic E-state index is 0.0202. The first kappa shape index (κ1) is 21.4. The third kappa shape index (κ3) is 5.81. The lowest BCUT2D eigenvalue weighted by Crippen LogP contribution is -2.23. The number of pyridine rings is 1. The van der Waals surface area contributed by atoms with E-state index in [9.17, 15) is 13.2 Å². The Kier molecular flexibility index (Phi) is 7.16. The van der Waals surface area contributed by atoms with Gasteiger partial charge in [0.2, 0.25) is 5.88 Å². The Labute approximate surface area is 164 Å². The quantitative estimate of drug-likeness (QED) is 0.406. The van der Waals surface area contributed by atoms with Gasteiger partial charge in [0, 0.05) is 18.0 Å². The number of nitrogens with zero attached hydrogens (tertiary/aromatic N) is 2. The fourth-order valence-corrected chi connectivity index (χ4v) is 2.32. The zero-order valence-corrected chi connectivity index (χ0v) is 15.8. The van der Waals surface area contributed by atoms with E-state index in [-0.39, 0.29) is 30.0 Å². The maximum atomic E-state index is 12.6. The molecule has 7 nitrogen and oxygen atoms in total. The predicted molar refractivity (Wildman–Crippen MR) is 99.4 cm³/mol. The Morgan fingerprint density at radius 2 is 1.93 bits per heavy atom. The summed E-state index contributed by atoms with van der Waals surface area (Å²) >= 11 is 5.76. The maximum Gasteiger partial charge on any atom is 0.417 e. The second-order valence-corrected chi connectivity index (χ2v) is 5.73. The third-order valence-electron chi connectivity index (χ3n) is 3.40. The first-order valence-corrected chi connectivity index (χ1v) is 8.27. The highest BCUT2D eigenvalue weighted by Crippen LogP contribution is 2.33. The van der Waals surface area contributed by atoms with Crippen LogP contribution in [-0.2, 0) is 6.18 Å². The molecule has 0 atom stereocenters. The molecule has 1 aromatic carbocycles. The van der Waals surface area contributed by atoms with Gasteiger partial charge in [-0.25, -0.2) is 9.98 Å². The van der Waals surface area contributed by atoms with Gasteiger partial charge >= 0.3 is 6.18 Å². The number of hydrogen-bond donors (Lipinski definition) is 2. The minimum atomic E-state index is -4.52. The molecule has 0 aliphatic carbocycles. The molecule has 2 aromatic rings. The summed E-state index contributed by atoms with van der Waals surface area (Å²) in [7, 11) is 3.04. The summed E-state index contributed by atoms with van der Waals surface area (Å²) in [6, 6.07) is 5.87. The number of anilines is 1. The van der Waals surface area contributed by atoms with E-state index in [0.717, 1.165) is 6.07 Å². The summed E-state index contributed by atoms with van der Waals surface area (Å²) in [5.74, 6) is 1.09. The number of methoxy groups -OCH3 is 2. The molecule has 0 fully saturated rings. The van der Waals surface area contributed by atoms with E-state index >= 15 is 0 Å². The van der Waals surface area contributed by atoms with Crippen LogP contribution >= 0.6 is 11.6 Å². The summed E-state index contributed by atoms with van der Waals surface area (Å²) in [6.45, 7) is 0.150. The Morgan fingerprint density at radius 3 is 2.54 bits per heavy atom. The number of benzene rings is 1. The molecule has 0 saturated heterocycles. The molecule has 0 aliphatic heterocycles. The highest BCUT2D eigenvalue weighted by atomic mass is 35.5. The Bertz CT molecular complexity index is 847. The van der Waals surface area contributed by atoms with Crippen LogP contribution in [0.25, 0.3) is 0 Å². The molecule has 0 spiro atoms. The van der Waals surface area contributed by atoms with E-state index in [0.29, 0.717) is 23.4 Å². The van der Waals surface area contributed by atoms with Crippen molar-refractivity contribution in [2.24, 2.45) is 10.7 Å². The molecule has 11 heteroatoms. The van der Waals surface area contributed by atoms with Crippen LogP contribution in [-0.4, -0.2) is 38.3 Å². The van der Waals surface area contributed by atoms with Gasteiger partial charge in [-0.3, -0.25) is 0 Å². The number of aliphatic imine (C=N–C) groups is 1. The Balaban J connectivity index is 1.89. The van der Waals surface area contributed by atoms with Gasteiger partial charge in [-0.1, -0.05) is 11.6 Å². The van der Waals surface area contributed by atoms with Crippen molar-refractivity contribution in [2.75, 3.05) is 32.7 Å². The summed E-state index contributed by atoms with van der Waals surface area (Å²) in [6.07, 6.45) is -3.87. The molecule has 152 valence electrons. The largest absolute Gasteiger partial charge is 0.493 e. The number of rotatable bonds is 7. The number of guanidine groups is 1. The second kappa shape index (κ2) is 9.36. The number of alkyl halides is 3. The van der Waals surface area contributed by atoms with Crippen LogP contribution in [0, 0.1) is 0 Å². The summed E-state index contributed by atoms with van der Waals surface area (Å²) in [4.78, 5) is 7.62. The van der Waals surface area contributed by atoms with E-state index in [2.05, 4.69) is 15.3 Å². The number of nitrogens with one attached hydrogen (secondary N) is 1. The van der Waals surface area contributed by atoms with Gasteiger partial charge in [0.25, 0.3) is 0 Å². The lowest BCUT2D eigenvalue weighted by Gasteiger charge is -2.11. The SMILES string of the molecule is COc1ccc(NC(N)=NCCOc2ncc(C(F)(F)F)cc2Cl)cc1OC. The molecule has 1 aromatic heterocycles. The molecule has 0 amide bonds. The van der Waals surface area contributed by atoms with Crippen molar-refractivity contribution in [3.63, 3.8) is 0 Å². The van der Waals surface area contributed by atoms with Gasteiger partial charge in [-0.15, -0.1) is 0 Å². The van der Waals surface area contributed by atoms with E-state index in [1.807, 2.05) is 0 Å². The smallest absolute Gasteiger partial charge is 0.417 e. The van der Waals surface area contributed by atoms with Crippen LogP contribution in [0.15, 0.2) is 35.5 Å². The van der Waals surface area contributed by atoms with E-state index in [4.69, 9.17) is 31.5 Å². The van der Waals surface area contributed by atoms with Crippen molar-refractivity contribution in [1.82, 2.24) is 4.98 Å². The van der Waals surface area contributed by atoms with E-state index in [1.165, 1.54) is 14.2 Å². The first-order chi connectivity index (χ1) is 13.2. The van der Waals surface area contributed by atoms with Gasteiger partial charge < -0.3 is 25.3 Å². The molecular formula is C17H18ClF3N4O3. The average Bonchev–Trinajstić information content (AvgIpc) is 2.65. The highest BCUT2D eigenvalue weighted by Gasteiger charge is 2.31. The number of hydrogen-bond acceptors (Lipinski definition) is 5. The van der Waals surface area contributed by atoms with Gasteiger partial charge in [0.15, 0.2) is 17.5 Å². The normalized spacial score (nSPS) is 11.9. The van der Waals surface area contributed by atoms with E-state index in [1.54, 1.807) is 18.2 Å². The molecule has 28 heavy (non-hydrogen) atoms. The fourth-order valence-electron chi connectivity index (χ4n) is 2.10. The van der Waals surface area contributed by atoms with Crippen LogP contribution in [0.1, 0.15) is 5.56 Å². The van der Waals surface area contributed by atoms with Crippen molar-refractivity contribution >= 4 is 23.2 Å². The van der Waals surface area contributed by atoms with Crippen molar-refractivity contribution in [3.8, 4) is 17.4 Å². The molecule has 0 saturated carbocycles. The summed E-state index contributed by atoms with van der Waals surface area (Å²) in [5, 5.41) is 2.63. The zero-order chi connectivity index (χ0) is 20.7. The van der Waals surface area contributed by atoms with Crippen molar-refractivity contribution in [1.29, 1.82) is 0 Å². The average molecular weight is 419 g/mol. The standard InChI is InChI=1S/C17H18ClF3N4O3/c1-26-13-4-3-11(8-14(13)27-2)25-16(22)23-5-6-28-15-12(18)7-10(9-24-15)17(19,20)21/h3-4,7-9H,5-6H2,1-2H3,(H3,22,23,25). The van der Waals surface area contributed by atoms with Crippen LogP contribution in [0.3, 0.4) is 0 Å². The maximum absolute atomic E-state index is 12.6. The molecule has 1 heterocycles. The van der Waals surface area contributed by atoms with Crippen LogP contribution in [0.2, 0.25) is 5.02 Å². The monoisotopic (exact) mass is 418 g/mol. The van der Waals surface area contributed by atoms with Crippen LogP contribution < -0.4 is 25.3 Å². The van der Waals surface area contributed by atoms with Gasteiger partial charge in [-0.05, 0) is 18.2 Å². The number of nitrogens with two attached hydrogens (primary N) is 1. The Hall–Kier alpha value is -2.88. The van der Waals surface area contributed by atoms with Crippen LogP contribution in [0.5, 0.6) is 17.4 Å². The van der Waals surface area contributed by atoms with Crippen molar-refractivity contribution in [2.45, 2.75) is 6.18 Å². The zero-order valence-electron chi connectivity index (χ0n) is 15.0. The van der Waals surface area contributed by atoms with Gasteiger partial charge in [0.1, 0.15) is 11.6 Å². The molecular weight excluding hydrogens is 401 g/mol. The van der Waals surface area contributed by atoms with Gasteiger partial charge in [-0.2, -0.15) is 13.2 Å². The number of ether oxygens (including phenoxy) is 3. The Morgan fingerprint density at radius 1 is 1.21 bits per heavy atom. The summed E-state index contributed by atoms with van der Waals surface area (Å²) in [5.41, 5.74) is 5.47. The molecule has 3 N–H and O–H groups in total. The molecule has 0 aliphatic rings. The minimum Gasteiger partial charge on any atom is -0.493 e. The lowest BCUT2D eigenvalue weighted by molar-refractivity contribution is -0.137. The molecule has 2 rings (SSSR count). The molecule has 0 radical (unpaired) electrons. The van der Waals surface area contributed by atoms with Gasteiger partial charge in [0.05, 0.1) is 26.3 Å². The highest BCUT2D eigenvalue weighted by molar-refractivity contribution is 6.31. The first-order valence-electron chi connectivity index (χ1n) is 7.89. The number of aromatic nitrogens is 1. The van der Waals surface area contributed by atoms with Crippen molar-refractivity contribution < 1.29 is 27.4 Å². The number of halogens is 4. The second-order valence-electron chi connectivity index (χ2n) is 5.32. The van der Waals surface area contributed by atoms with Crippen LogP contribution in [0.4, 0.5) is 18.9 Å². The van der Waals surface area contributed by atoms with Crippen molar-refractivity contribution in [3.05, 3.63) is 41.0 Å². The fraction of sp³-hybridized carbons (Fsp3) is 0.294. The lowest BCUT2D eigenvalue weighted by atomic mass is 10.3. The van der Waals surface area contributed by atoms with E-state index < -0.39 is 11.7 Å². The molecule has 0 bridgehead atoms. The topological polar surface area (TPSA) is 91.0 Å². The summed E-state index contributed by atoms with van der Waals surface area (Å²) < 4.78 is 53.3.